The first-order chi connectivity index (χ1) is 16.3. The number of nitrogens with one attached hydrogen (secondary N) is 1. The number of ether oxygens (including phenoxy) is 1. The van der Waals surface area contributed by atoms with Gasteiger partial charge in [-0.1, -0.05) is 23.2 Å². The second-order valence-electron chi connectivity index (χ2n) is 8.20. The summed E-state index contributed by atoms with van der Waals surface area (Å²) >= 11 is 12.1. The fraction of sp³-hybridized carbons (Fsp3) is 0.304. The van der Waals surface area contributed by atoms with Crippen molar-refractivity contribution in [2.75, 3.05) is 18.8 Å². The molecule has 0 amide bonds. The second kappa shape index (κ2) is 9.05. The van der Waals surface area contributed by atoms with E-state index in [4.69, 9.17) is 38.1 Å². The maximum Gasteiger partial charge on any atom is 0.205 e. The molecule has 1 aliphatic rings. The van der Waals surface area contributed by atoms with E-state index in [9.17, 15) is 8.78 Å². The Bertz CT molecular complexity index is 1340. The zero-order chi connectivity index (χ0) is 24.0. The molecule has 4 aromatic rings. The number of halogens is 4. The SMILES string of the molecule is CC(Oc1c(N)ncc2c(-c3cnn(C4CCNCC4)c3)coc12)c1c(Cl)c(F)cc(F)c1Cl. The Labute approximate surface area is 203 Å². The average Bonchev–Trinajstić information content (AvgIpc) is 3.48. The highest BCUT2D eigenvalue weighted by atomic mass is 35.5. The molecule has 0 bridgehead atoms. The van der Waals surface area contributed by atoms with Crippen LogP contribution < -0.4 is 15.8 Å². The number of hydrogen-bond donors (Lipinski definition) is 2. The first kappa shape index (κ1) is 22.9. The standard InChI is InChI=1S/C23H21Cl2F2N5O2/c1-11(18-19(24)16(26)6-17(27)20(18)25)34-22-21-14(8-30-23(22)28)15(10-33-21)12-7-31-32(9-12)13-2-4-29-5-3-13/h6-11,13,29H,2-5H2,1H3,(H2,28,30). The Balaban J connectivity index is 1.50. The topological polar surface area (TPSA) is 91.1 Å². The van der Waals surface area contributed by atoms with E-state index in [-0.39, 0.29) is 27.2 Å². The van der Waals surface area contributed by atoms with Gasteiger partial charge >= 0.3 is 0 Å². The summed E-state index contributed by atoms with van der Waals surface area (Å²) in [5, 5.41) is 7.88. The lowest BCUT2D eigenvalue weighted by atomic mass is 10.1. The smallest absolute Gasteiger partial charge is 0.205 e. The van der Waals surface area contributed by atoms with Crippen LogP contribution in [-0.4, -0.2) is 27.9 Å². The predicted octanol–water partition coefficient (Wildman–Crippen LogP) is 5.92. The minimum absolute atomic E-state index is 0.0349. The van der Waals surface area contributed by atoms with Gasteiger partial charge in [-0.2, -0.15) is 5.10 Å². The van der Waals surface area contributed by atoms with Crippen LogP contribution in [-0.2, 0) is 0 Å². The lowest BCUT2D eigenvalue weighted by Crippen LogP contribution is -2.29. The van der Waals surface area contributed by atoms with Crippen LogP contribution in [0.5, 0.6) is 5.75 Å². The van der Waals surface area contributed by atoms with Gasteiger partial charge in [0.05, 0.1) is 27.7 Å². The molecule has 7 nitrogen and oxygen atoms in total. The molecule has 0 spiro atoms. The number of benzene rings is 1. The summed E-state index contributed by atoms with van der Waals surface area (Å²) in [6, 6.07) is 0.961. The van der Waals surface area contributed by atoms with Crippen LogP contribution in [0.3, 0.4) is 0 Å². The molecule has 4 heterocycles. The molecule has 1 atom stereocenters. The van der Waals surface area contributed by atoms with Crippen LogP contribution >= 0.6 is 23.2 Å². The van der Waals surface area contributed by atoms with Crippen LogP contribution in [0.4, 0.5) is 14.6 Å². The quantitative estimate of drug-likeness (QED) is 0.325. The van der Waals surface area contributed by atoms with Crippen LogP contribution in [0, 0.1) is 11.6 Å². The Kier molecular flexibility index (Phi) is 6.09. The first-order valence-electron chi connectivity index (χ1n) is 10.8. The average molecular weight is 508 g/mol. The molecule has 1 aromatic carbocycles. The largest absolute Gasteiger partial charge is 0.478 e. The van der Waals surface area contributed by atoms with Gasteiger partial charge in [0.2, 0.25) is 5.75 Å². The highest BCUT2D eigenvalue weighted by Gasteiger charge is 2.25. The van der Waals surface area contributed by atoms with Crippen molar-refractivity contribution in [3.8, 4) is 16.9 Å². The summed E-state index contributed by atoms with van der Waals surface area (Å²) in [6.07, 6.45) is 7.99. The summed E-state index contributed by atoms with van der Waals surface area (Å²) in [4.78, 5) is 4.23. The molecular formula is C23H21Cl2F2N5O2. The van der Waals surface area contributed by atoms with E-state index in [1.807, 2.05) is 10.9 Å². The molecule has 1 unspecified atom stereocenters. The van der Waals surface area contributed by atoms with E-state index in [2.05, 4.69) is 15.4 Å². The van der Waals surface area contributed by atoms with Gasteiger partial charge in [-0.25, -0.2) is 13.8 Å². The van der Waals surface area contributed by atoms with Crippen molar-refractivity contribution in [3.05, 3.63) is 58.2 Å². The van der Waals surface area contributed by atoms with Crippen molar-refractivity contribution in [2.24, 2.45) is 0 Å². The van der Waals surface area contributed by atoms with Crippen molar-refractivity contribution in [2.45, 2.75) is 31.9 Å². The zero-order valence-corrected chi connectivity index (χ0v) is 19.6. The fourth-order valence-electron chi connectivity index (χ4n) is 4.25. The zero-order valence-electron chi connectivity index (χ0n) is 18.1. The third-order valence-corrected chi connectivity index (χ3v) is 6.81. The lowest BCUT2D eigenvalue weighted by Gasteiger charge is -2.22. The molecule has 1 saturated heterocycles. The fourth-order valence-corrected chi connectivity index (χ4v) is 4.90. The Hall–Kier alpha value is -2.88. The van der Waals surface area contributed by atoms with Gasteiger partial charge in [-0.15, -0.1) is 0 Å². The Morgan fingerprint density at radius 3 is 2.62 bits per heavy atom. The second-order valence-corrected chi connectivity index (χ2v) is 8.95. The Morgan fingerprint density at radius 2 is 1.91 bits per heavy atom. The van der Waals surface area contributed by atoms with Crippen LogP contribution in [0.15, 0.2) is 35.3 Å². The number of nitrogens with two attached hydrogens (primary N) is 1. The molecule has 178 valence electrons. The summed E-state index contributed by atoms with van der Waals surface area (Å²) in [5.74, 6) is -1.71. The molecule has 1 aliphatic heterocycles. The first-order valence-corrected chi connectivity index (χ1v) is 11.5. The number of hydrogen-bond acceptors (Lipinski definition) is 6. The number of nitrogen functional groups attached to an aromatic ring is 1. The molecule has 34 heavy (non-hydrogen) atoms. The molecule has 11 heteroatoms. The van der Waals surface area contributed by atoms with Crippen molar-refractivity contribution >= 4 is 40.0 Å². The van der Waals surface area contributed by atoms with E-state index in [0.29, 0.717) is 23.1 Å². The third-order valence-electron chi connectivity index (χ3n) is 6.04. The molecule has 0 saturated carbocycles. The molecule has 0 radical (unpaired) electrons. The summed E-state index contributed by atoms with van der Waals surface area (Å²) in [5.41, 5.74) is 8.01. The number of fused-ring (bicyclic) bond motifs is 1. The molecule has 3 N–H and O–H groups in total. The Morgan fingerprint density at radius 1 is 1.21 bits per heavy atom. The minimum Gasteiger partial charge on any atom is -0.478 e. The van der Waals surface area contributed by atoms with Crippen molar-refractivity contribution in [3.63, 3.8) is 0 Å². The van der Waals surface area contributed by atoms with Gasteiger partial charge < -0.3 is 20.2 Å². The van der Waals surface area contributed by atoms with Crippen LogP contribution in [0.25, 0.3) is 22.1 Å². The van der Waals surface area contributed by atoms with Crippen LogP contribution in [0.2, 0.25) is 10.0 Å². The highest BCUT2D eigenvalue weighted by molar-refractivity contribution is 6.36. The van der Waals surface area contributed by atoms with Crippen molar-refractivity contribution in [1.29, 1.82) is 0 Å². The molecule has 1 fully saturated rings. The van der Waals surface area contributed by atoms with Gasteiger partial charge in [0.1, 0.15) is 24.0 Å². The minimum atomic E-state index is -0.948. The number of piperidine rings is 1. The molecule has 0 aliphatic carbocycles. The molecular weight excluding hydrogens is 487 g/mol. The number of aromatic nitrogens is 3. The number of furan rings is 1. The van der Waals surface area contributed by atoms with E-state index < -0.39 is 17.7 Å². The van der Waals surface area contributed by atoms with Crippen LogP contribution in [0.1, 0.15) is 37.5 Å². The normalized spacial score (nSPS) is 15.7. The summed E-state index contributed by atoms with van der Waals surface area (Å²) < 4.78 is 41.8. The van der Waals surface area contributed by atoms with Crippen molar-refractivity contribution < 1.29 is 17.9 Å². The maximum absolute atomic E-state index is 14.0. The van der Waals surface area contributed by atoms with Crippen molar-refractivity contribution in [1.82, 2.24) is 20.1 Å². The van der Waals surface area contributed by atoms with Gasteiger partial charge in [0.15, 0.2) is 11.4 Å². The third kappa shape index (κ3) is 3.97. The summed E-state index contributed by atoms with van der Waals surface area (Å²) in [6.45, 7) is 3.47. The molecule has 3 aromatic heterocycles. The van der Waals surface area contributed by atoms with E-state index in [0.717, 1.165) is 37.1 Å². The van der Waals surface area contributed by atoms with E-state index >= 15 is 0 Å². The summed E-state index contributed by atoms with van der Waals surface area (Å²) in [7, 11) is 0. The van der Waals surface area contributed by atoms with E-state index in [1.165, 1.54) is 0 Å². The van der Waals surface area contributed by atoms with Gasteiger partial charge in [-0.05, 0) is 32.9 Å². The van der Waals surface area contributed by atoms with Gasteiger partial charge in [0, 0.05) is 35.2 Å². The van der Waals surface area contributed by atoms with Gasteiger partial charge in [0.25, 0.3) is 0 Å². The monoisotopic (exact) mass is 507 g/mol. The van der Waals surface area contributed by atoms with Gasteiger partial charge in [-0.3, -0.25) is 4.68 Å². The number of anilines is 1. The maximum atomic E-state index is 14.0. The number of pyridine rings is 1. The van der Waals surface area contributed by atoms with E-state index in [1.54, 1.807) is 25.6 Å². The number of rotatable bonds is 5. The molecule has 5 rings (SSSR count). The number of nitrogens with zero attached hydrogens (tertiary/aromatic N) is 3. The lowest BCUT2D eigenvalue weighted by molar-refractivity contribution is 0.227. The predicted molar refractivity (Wildman–Crippen MR) is 126 cm³/mol. The highest BCUT2D eigenvalue weighted by Crippen LogP contribution is 2.42.